The second kappa shape index (κ2) is 9.78. The molecule has 30 heavy (non-hydrogen) atoms. The summed E-state index contributed by atoms with van der Waals surface area (Å²) in [7, 11) is -2.17. The summed E-state index contributed by atoms with van der Waals surface area (Å²) in [6, 6.07) is 11.9. The minimum absolute atomic E-state index is 0.0140. The van der Waals surface area contributed by atoms with Crippen molar-refractivity contribution in [1.82, 2.24) is 9.21 Å². The molecule has 0 aliphatic carbocycles. The summed E-state index contributed by atoms with van der Waals surface area (Å²) in [6.07, 6.45) is 0. The molecule has 6 nitrogen and oxygen atoms in total. The van der Waals surface area contributed by atoms with Crippen LogP contribution in [0.2, 0.25) is 10.0 Å². The highest BCUT2D eigenvalue weighted by Gasteiger charge is 2.33. The summed E-state index contributed by atoms with van der Waals surface area (Å²) in [5, 5.41) is 0.141. The van der Waals surface area contributed by atoms with Gasteiger partial charge in [-0.1, -0.05) is 23.2 Å². The van der Waals surface area contributed by atoms with Crippen molar-refractivity contribution in [1.29, 1.82) is 0 Å². The lowest BCUT2D eigenvalue weighted by atomic mass is 10.3. The van der Waals surface area contributed by atoms with Gasteiger partial charge in [-0.15, -0.1) is 11.8 Å². The number of thioether (sulfide) groups is 1. The van der Waals surface area contributed by atoms with Gasteiger partial charge in [0.15, 0.2) is 0 Å². The number of sulfonamides is 1. The predicted molar refractivity (Wildman–Crippen MR) is 120 cm³/mol. The van der Waals surface area contributed by atoms with Gasteiger partial charge in [-0.25, -0.2) is 8.42 Å². The van der Waals surface area contributed by atoms with Crippen LogP contribution >= 0.6 is 35.0 Å². The van der Waals surface area contributed by atoms with Crippen LogP contribution in [0.25, 0.3) is 0 Å². The summed E-state index contributed by atoms with van der Waals surface area (Å²) < 4.78 is 32.3. The standard InChI is InChI=1S/C20H22Cl2N2O4S2/c1-14(29-17-6-4-16(28-2)5-7-17)20(25)23-9-11-24(12-10-23)30(26,27)19-13-15(21)3-8-18(19)22/h3-8,13-14H,9-12H2,1-2H3. The van der Waals surface area contributed by atoms with Gasteiger partial charge in [0.05, 0.1) is 17.4 Å². The highest BCUT2D eigenvalue weighted by molar-refractivity contribution is 8.00. The number of amides is 1. The summed E-state index contributed by atoms with van der Waals surface area (Å²) in [4.78, 5) is 15.5. The molecule has 3 rings (SSSR count). The number of piperazine rings is 1. The van der Waals surface area contributed by atoms with E-state index in [9.17, 15) is 13.2 Å². The minimum atomic E-state index is -3.78. The number of hydrogen-bond acceptors (Lipinski definition) is 5. The van der Waals surface area contributed by atoms with Gasteiger partial charge in [-0.3, -0.25) is 4.79 Å². The number of methoxy groups -OCH3 is 1. The van der Waals surface area contributed by atoms with Crippen molar-refractivity contribution in [3.63, 3.8) is 0 Å². The molecule has 0 aromatic heterocycles. The average Bonchev–Trinajstić information content (AvgIpc) is 2.75. The van der Waals surface area contributed by atoms with Gasteiger partial charge in [0.25, 0.3) is 0 Å². The zero-order chi connectivity index (χ0) is 21.9. The molecule has 1 aliphatic rings. The summed E-state index contributed by atoms with van der Waals surface area (Å²) >= 11 is 13.5. The molecule has 2 aromatic carbocycles. The van der Waals surface area contributed by atoms with Gasteiger partial charge in [-0.2, -0.15) is 4.31 Å². The van der Waals surface area contributed by atoms with E-state index in [1.165, 1.54) is 28.2 Å². The number of rotatable bonds is 6. The molecule has 10 heteroatoms. The fourth-order valence-corrected chi connectivity index (χ4v) is 6.24. The Morgan fingerprint density at radius 2 is 1.70 bits per heavy atom. The first-order valence-corrected chi connectivity index (χ1v) is 12.3. The second-order valence-electron chi connectivity index (χ2n) is 6.74. The van der Waals surface area contributed by atoms with Crippen LogP contribution in [0.5, 0.6) is 5.75 Å². The molecule has 162 valence electrons. The van der Waals surface area contributed by atoms with Gasteiger partial charge in [0.2, 0.25) is 15.9 Å². The van der Waals surface area contributed by atoms with E-state index >= 15 is 0 Å². The van der Waals surface area contributed by atoms with E-state index in [0.717, 1.165) is 10.6 Å². The first kappa shape index (κ1) is 23.2. The minimum Gasteiger partial charge on any atom is -0.497 e. The van der Waals surface area contributed by atoms with Crippen molar-refractivity contribution in [2.75, 3.05) is 33.3 Å². The zero-order valence-corrected chi connectivity index (χ0v) is 19.7. The van der Waals surface area contributed by atoms with E-state index in [-0.39, 0.29) is 34.2 Å². The highest BCUT2D eigenvalue weighted by atomic mass is 35.5. The molecule has 1 aliphatic heterocycles. The Bertz CT molecular complexity index is 1010. The molecule has 1 fully saturated rings. The molecule has 1 heterocycles. The lowest BCUT2D eigenvalue weighted by Crippen LogP contribution is -2.52. The molecule has 1 amide bonds. The van der Waals surface area contributed by atoms with Crippen molar-refractivity contribution >= 4 is 50.9 Å². The fourth-order valence-electron chi connectivity index (χ4n) is 3.13. The normalized spacial score (nSPS) is 16.3. The topological polar surface area (TPSA) is 66.9 Å². The number of ether oxygens (including phenoxy) is 1. The number of carbonyl (C=O) groups excluding carboxylic acids is 1. The fraction of sp³-hybridized carbons (Fsp3) is 0.350. The van der Waals surface area contributed by atoms with Crippen molar-refractivity contribution in [2.24, 2.45) is 0 Å². The molecule has 0 radical (unpaired) electrons. The largest absolute Gasteiger partial charge is 0.497 e. The van der Waals surface area contributed by atoms with Crippen LogP contribution in [0.1, 0.15) is 6.92 Å². The van der Waals surface area contributed by atoms with Crippen LogP contribution in [-0.4, -0.2) is 62.1 Å². The summed E-state index contributed by atoms with van der Waals surface area (Å²) in [5.41, 5.74) is 0. The van der Waals surface area contributed by atoms with E-state index in [2.05, 4.69) is 0 Å². The van der Waals surface area contributed by atoms with E-state index < -0.39 is 10.0 Å². The third kappa shape index (κ3) is 5.23. The predicted octanol–water partition coefficient (Wildman–Crippen LogP) is 4.02. The Balaban J connectivity index is 1.61. The zero-order valence-electron chi connectivity index (χ0n) is 16.5. The van der Waals surface area contributed by atoms with Crippen LogP contribution < -0.4 is 4.74 Å². The monoisotopic (exact) mass is 488 g/mol. The number of halogens is 2. The maximum absolute atomic E-state index is 12.9. The third-order valence-electron chi connectivity index (χ3n) is 4.78. The maximum Gasteiger partial charge on any atom is 0.244 e. The lowest BCUT2D eigenvalue weighted by Gasteiger charge is -2.35. The Morgan fingerprint density at radius 1 is 1.07 bits per heavy atom. The first-order valence-electron chi connectivity index (χ1n) is 9.27. The van der Waals surface area contributed by atoms with Crippen molar-refractivity contribution in [3.8, 4) is 5.75 Å². The molecule has 0 saturated carbocycles. The van der Waals surface area contributed by atoms with Crippen LogP contribution in [0.15, 0.2) is 52.3 Å². The summed E-state index contributed by atoms with van der Waals surface area (Å²) in [6.45, 7) is 2.91. The Morgan fingerprint density at radius 3 is 2.30 bits per heavy atom. The SMILES string of the molecule is COc1ccc(SC(C)C(=O)N2CCN(S(=O)(=O)c3cc(Cl)ccc3Cl)CC2)cc1. The molecule has 2 aromatic rings. The van der Waals surface area contributed by atoms with Gasteiger partial charge >= 0.3 is 0 Å². The average molecular weight is 489 g/mol. The Hall–Kier alpha value is -1.45. The molecule has 0 spiro atoms. The van der Waals surface area contributed by atoms with Crippen molar-refractivity contribution < 1.29 is 17.9 Å². The van der Waals surface area contributed by atoms with Crippen LogP contribution in [0.4, 0.5) is 0 Å². The molecular formula is C20H22Cl2N2O4S2. The first-order chi connectivity index (χ1) is 14.2. The number of benzene rings is 2. The van der Waals surface area contributed by atoms with Crippen molar-refractivity contribution in [3.05, 3.63) is 52.5 Å². The maximum atomic E-state index is 12.9. The molecule has 0 N–H and O–H groups in total. The Labute approximate surface area is 191 Å². The van der Waals surface area contributed by atoms with E-state index in [4.69, 9.17) is 27.9 Å². The Kier molecular flexibility index (Phi) is 7.57. The molecule has 0 bridgehead atoms. The number of carbonyl (C=O) groups is 1. The van der Waals surface area contributed by atoms with E-state index in [0.29, 0.717) is 18.1 Å². The van der Waals surface area contributed by atoms with Gasteiger partial charge in [0, 0.05) is 36.1 Å². The van der Waals surface area contributed by atoms with E-state index in [1.54, 1.807) is 18.1 Å². The smallest absolute Gasteiger partial charge is 0.244 e. The highest BCUT2D eigenvalue weighted by Crippen LogP contribution is 2.29. The van der Waals surface area contributed by atoms with Crippen molar-refractivity contribution in [2.45, 2.75) is 22.0 Å². The van der Waals surface area contributed by atoms with Gasteiger partial charge < -0.3 is 9.64 Å². The summed E-state index contributed by atoms with van der Waals surface area (Å²) in [5.74, 6) is 0.740. The number of hydrogen-bond donors (Lipinski definition) is 0. The number of nitrogens with zero attached hydrogens (tertiary/aromatic N) is 2. The van der Waals surface area contributed by atoms with Crippen LogP contribution in [0, 0.1) is 0 Å². The molecular weight excluding hydrogens is 467 g/mol. The lowest BCUT2D eigenvalue weighted by molar-refractivity contribution is -0.131. The van der Waals surface area contributed by atoms with Gasteiger partial charge in [-0.05, 0) is 49.4 Å². The second-order valence-corrected chi connectivity index (χ2v) is 10.9. The molecule has 1 atom stereocenters. The molecule has 1 saturated heterocycles. The van der Waals surface area contributed by atoms with Crippen LogP contribution in [0.3, 0.4) is 0 Å². The van der Waals surface area contributed by atoms with E-state index in [1.807, 2.05) is 31.2 Å². The molecule has 1 unspecified atom stereocenters. The van der Waals surface area contributed by atoms with Crippen LogP contribution in [-0.2, 0) is 14.8 Å². The quantitative estimate of drug-likeness (QED) is 0.574. The van der Waals surface area contributed by atoms with Gasteiger partial charge in [0.1, 0.15) is 10.6 Å². The third-order valence-corrected chi connectivity index (χ3v) is 8.50.